The van der Waals surface area contributed by atoms with Crippen LogP contribution in [-0.4, -0.2) is 55.7 Å². The Balaban J connectivity index is 0.00000392. The second-order valence-electron chi connectivity index (χ2n) is 7.14. The van der Waals surface area contributed by atoms with Crippen molar-refractivity contribution in [2.75, 3.05) is 25.9 Å². The Bertz CT molecular complexity index is 752. The van der Waals surface area contributed by atoms with E-state index < -0.39 is 10.0 Å². The lowest BCUT2D eigenvalue weighted by atomic mass is 10.1. The molecule has 3 N–H and O–H groups in total. The van der Waals surface area contributed by atoms with Crippen molar-refractivity contribution >= 4 is 40.0 Å². The zero-order valence-electron chi connectivity index (χ0n) is 17.2. The van der Waals surface area contributed by atoms with Crippen LogP contribution < -0.4 is 10.6 Å². The SMILES string of the molecule is CCCS(=O)(=O)N1CCC(NC(=NC)NCc2cc(C)c(O)c(C)c2)CC1.I. The van der Waals surface area contributed by atoms with Crippen LogP contribution in [0.1, 0.15) is 42.9 Å². The predicted octanol–water partition coefficient (Wildman–Crippen LogP) is 2.50. The molecule has 0 amide bonds. The number of halogens is 1. The van der Waals surface area contributed by atoms with E-state index in [1.54, 1.807) is 11.4 Å². The van der Waals surface area contributed by atoms with E-state index in [9.17, 15) is 13.5 Å². The Morgan fingerprint density at radius 2 is 1.82 bits per heavy atom. The van der Waals surface area contributed by atoms with Crippen LogP contribution in [0.3, 0.4) is 0 Å². The van der Waals surface area contributed by atoms with E-state index in [2.05, 4.69) is 15.6 Å². The van der Waals surface area contributed by atoms with Gasteiger partial charge in [-0.15, -0.1) is 24.0 Å². The molecule has 1 fully saturated rings. The smallest absolute Gasteiger partial charge is 0.214 e. The number of rotatable bonds is 6. The van der Waals surface area contributed by atoms with E-state index in [1.807, 2.05) is 32.9 Å². The molecule has 28 heavy (non-hydrogen) atoms. The number of guanidine groups is 1. The fourth-order valence-corrected chi connectivity index (χ4v) is 4.93. The number of nitrogens with zero attached hydrogens (tertiary/aromatic N) is 2. The molecule has 2 rings (SSSR count). The number of piperidine rings is 1. The van der Waals surface area contributed by atoms with Crippen LogP contribution in [0.5, 0.6) is 5.75 Å². The first kappa shape index (κ1) is 25.0. The van der Waals surface area contributed by atoms with Gasteiger partial charge in [0.25, 0.3) is 0 Å². The summed E-state index contributed by atoms with van der Waals surface area (Å²) in [4.78, 5) is 4.27. The number of phenols is 1. The van der Waals surface area contributed by atoms with Gasteiger partial charge in [-0.2, -0.15) is 0 Å². The van der Waals surface area contributed by atoms with Crippen LogP contribution in [-0.2, 0) is 16.6 Å². The van der Waals surface area contributed by atoms with Crippen molar-refractivity contribution in [1.29, 1.82) is 0 Å². The van der Waals surface area contributed by atoms with Gasteiger partial charge >= 0.3 is 0 Å². The summed E-state index contributed by atoms with van der Waals surface area (Å²) in [6, 6.07) is 4.12. The summed E-state index contributed by atoms with van der Waals surface area (Å²) in [5.41, 5.74) is 2.79. The number of aryl methyl sites for hydroxylation is 2. The number of nitrogens with one attached hydrogen (secondary N) is 2. The lowest BCUT2D eigenvalue weighted by Gasteiger charge is -2.32. The van der Waals surface area contributed by atoms with Gasteiger partial charge in [0.1, 0.15) is 5.75 Å². The fraction of sp³-hybridized carbons (Fsp3) is 0.632. The number of phenolic OH excluding ortho intramolecular Hbond substituents is 1. The third kappa shape index (κ3) is 6.77. The number of hydrogen-bond acceptors (Lipinski definition) is 4. The van der Waals surface area contributed by atoms with E-state index in [1.165, 1.54) is 0 Å². The highest BCUT2D eigenvalue weighted by Gasteiger charge is 2.27. The fourth-order valence-electron chi connectivity index (χ4n) is 3.39. The van der Waals surface area contributed by atoms with Gasteiger partial charge in [0.05, 0.1) is 5.75 Å². The summed E-state index contributed by atoms with van der Waals surface area (Å²) >= 11 is 0. The molecule has 160 valence electrons. The van der Waals surface area contributed by atoms with Crippen LogP contribution in [0.4, 0.5) is 0 Å². The monoisotopic (exact) mass is 524 g/mol. The number of hydrogen-bond donors (Lipinski definition) is 3. The number of sulfonamides is 1. The quantitative estimate of drug-likeness (QED) is 0.302. The second-order valence-corrected chi connectivity index (χ2v) is 9.23. The number of aliphatic imine (C=N–C) groups is 1. The molecule has 9 heteroatoms. The Labute approximate surface area is 186 Å². The van der Waals surface area contributed by atoms with Crippen molar-refractivity contribution in [3.63, 3.8) is 0 Å². The average molecular weight is 524 g/mol. The molecule has 0 aromatic heterocycles. The highest BCUT2D eigenvalue weighted by atomic mass is 127. The highest BCUT2D eigenvalue weighted by Crippen LogP contribution is 2.22. The van der Waals surface area contributed by atoms with Crippen molar-refractivity contribution in [3.8, 4) is 5.75 Å². The molecule has 1 aromatic carbocycles. The Morgan fingerprint density at radius 3 is 2.32 bits per heavy atom. The van der Waals surface area contributed by atoms with Crippen molar-refractivity contribution in [2.45, 2.75) is 52.6 Å². The summed E-state index contributed by atoms with van der Waals surface area (Å²) < 4.78 is 25.9. The van der Waals surface area contributed by atoms with Gasteiger partial charge in [0.15, 0.2) is 5.96 Å². The van der Waals surface area contributed by atoms with E-state index >= 15 is 0 Å². The average Bonchev–Trinajstić information content (AvgIpc) is 2.63. The van der Waals surface area contributed by atoms with Gasteiger partial charge in [-0.1, -0.05) is 19.1 Å². The topological polar surface area (TPSA) is 94.0 Å². The van der Waals surface area contributed by atoms with Crippen LogP contribution in [0.25, 0.3) is 0 Å². The minimum Gasteiger partial charge on any atom is -0.507 e. The molecule has 0 aliphatic carbocycles. The van der Waals surface area contributed by atoms with E-state index in [0.717, 1.165) is 29.5 Å². The van der Waals surface area contributed by atoms with Crippen LogP contribution in [0.15, 0.2) is 17.1 Å². The van der Waals surface area contributed by atoms with Gasteiger partial charge < -0.3 is 15.7 Å². The maximum absolute atomic E-state index is 12.2. The predicted molar refractivity (Wildman–Crippen MR) is 125 cm³/mol. The summed E-state index contributed by atoms with van der Waals surface area (Å²) in [7, 11) is -1.38. The van der Waals surface area contributed by atoms with Gasteiger partial charge in [0, 0.05) is 32.7 Å². The molecule has 7 nitrogen and oxygen atoms in total. The molecular weight excluding hydrogens is 491 g/mol. The summed E-state index contributed by atoms with van der Waals surface area (Å²) in [6.45, 7) is 7.36. The minimum absolute atomic E-state index is 0. The maximum atomic E-state index is 12.2. The summed E-state index contributed by atoms with van der Waals surface area (Å²) in [5.74, 6) is 1.26. The lowest BCUT2D eigenvalue weighted by molar-refractivity contribution is 0.306. The van der Waals surface area contributed by atoms with Crippen LogP contribution >= 0.6 is 24.0 Å². The first-order chi connectivity index (χ1) is 12.8. The second kappa shape index (κ2) is 11.2. The van der Waals surface area contributed by atoms with Gasteiger partial charge in [0.2, 0.25) is 10.0 Å². The molecule has 1 aliphatic heterocycles. The summed E-state index contributed by atoms with van der Waals surface area (Å²) in [6.07, 6.45) is 2.18. The third-order valence-electron chi connectivity index (χ3n) is 4.88. The number of aromatic hydroxyl groups is 1. The summed E-state index contributed by atoms with van der Waals surface area (Å²) in [5, 5.41) is 16.6. The van der Waals surface area contributed by atoms with Crippen molar-refractivity contribution in [2.24, 2.45) is 4.99 Å². The van der Waals surface area contributed by atoms with Gasteiger partial charge in [-0.05, 0) is 49.8 Å². The van der Waals surface area contributed by atoms with Crippen molar-refractivity contribution < 1.29 is 13.5 Å². The molecule has 1 heterocycles. The zero-order chi connectivity index (χ0) is 20.0. The molecule has 1 aromatic rings. The van der Waals surface area contributed by atoms with Crippen LogP contribution in [0, 0.1) is 13.8 Å². The lowest BCUT2D eigenvalue weighted by Crippen LogP contribution is -2.49. The third-order valence-corrected chi connectivity index (χ3v) is 6.96. The normalized spacial score (nSPS) is 16.5. The first-order valence-corrected chi connectivity index (χ1v) is 11.1. The Kier molecular flexibility index (Phi) is 9.99. The molecule has 0 bridgehead atoms. The van der Waals surface area contributed by atoms with E-state index in [4.69, 9.17) is 0 Å². The largest absolute Gasteiger partial charge is 0.507 e. The Hall–Kier alpha value is -1.07. The molecular formula is C19H33IN4O3S. The maximum Gasteiger partial charge on any atom is 0.214 e. The minimum atomic E-state index is -3.11. The molecule has 0 saturated carbocycles. The van der Waals surface area contributed by atoms with Gasteiger partial charge in [-0.3, -0.25) is 4.99 Å². The van der Waals surface area contributed by atoms with E-state index in [-0.39, 0.29) is 35.8 Å². The zero-order valence-corrected chi connectivity index (χ0v) is 20.3. The van der Waals surface area contributed by atoms with Crippen LogP contribution in [0.2, 0.25) is 0 Å². The first-order valence-electron chi connectivity index (χ1n) is 9.51. The Morgan fingerprint density at radius 1 is 1.25 bits per heavy atom. The molecule has 1 saturated heterocycles. The molecule has 0 spiro atoms. The highest BCUT2D eigenvalue weighted by molar-refractivity contribution is 14.0. The van der Waals surface area contributed by atoms with Crippen molar-refractivity contribution in [3.05, 3.63) is 28.8 Å². The van der Waals surface area contributed by atoms with Crippen molar-refractivity contribution in [1.82, 2.24) is 14.9 Å². The molecule has 0 unspecified atom stereocenters. The van der Waals surface area contributed by atoms with E-state index in [0.29, 0.717) is 37.8 Å². The molecule has 0 atom stereocenters. The molecule has 1 aliphatic rings. The molecule has 0 radical (unpaired) electrons. The van der Waals surface area contributed by atoms with Gasteiger partial charge in [-0.25, -0.2) is 12.7 Å². The number of benzene rings is 1. The standard InChI is InChI=1S/C19H32N4O3S.HI/c1-5-10-27(25,26)23-8-6-17(7-9-23)22-19(20-4)21-13-16-11-14(2)18(24)15(3)12-16;/h11-12,17,24H,5-10,13H2,1-4H3,(H2,20,21,22);1H.